The van der Waals surface area contributed by atoms with Gasteiger partial charge in [0.15, 0.2) is 11.5 Å². The van der Waals surface area contributed by atoms with Crippen molar-refractivity contribution in [2.45, 2.75) is 37.8 Å². The Labute approximate surface area is 228 Å². The van der Waals surface area contributed by atoms with E-state index in [1.54, 1.807) is 36.0 Å². The van der Waals surface area contributed by atoms with Crippen LogP contribution in [-0.4, -0.2) is 33.2 Å². The Morgan fingerprint density at radius 2 is 1.75 bits per heavy atom. The summed E-state index contributed by atoms with van der Waals surface area (Å²) in [6.07, 6.45) is -2.30. The third-order valence-electron chi connectivity index (χ3n) is 6.93. The van der Waals surface area contributed by atoms with E-state index in [1.807, 2.05) is 13.0 Å². The Morgan fingerprint density at radius 1 is 1.05 bits per heavy atom. The molecule has 0 spiro atoms. The van der Waals surface area contributed by atoms with Gasteiger partial charge in [-0.1, -0.05) is 25.1 Å². The molecule has 0 aliphatic heterocycles. The number of amides is 3. The highest BCUT2D eigenvalue weighted by Gasteiger charge is 2.53. The molecule has 3 amide bonds. The molecule has 5 N–H and O–H groups in total. The number of halogens is 3. The molecule has 1 aliphatic rings. The molecule has 1 saturated carbocycles. The first-order valence-corrected chi connectivity index (χ1v) is 12.8. The minimum absolute atomic E-state index is 0.0136. The van der Waals surface area contributed by atoms with Crippen LogP contribution in [0.5, 0.6) is 0 Å². The molecule has 2 aromatic heterocycles. The maximum atomic E-state index is 13.0. The number of anilines is 3. The number of rotatable bonds is 7. The van der Waals surface area contributed by atoms with Crippen molar-refractivity contribution in [2.75, 3.05) is 22.9 Å². The van der Waals surface area contributed by atoms with Gasteiger partial charge in [0.05, 0.1) is 22.1 Å². The zero-order chi connectivity index (χ0) is 28.7. The van der Waals surface area contributed by atoms with Crippen LogP contribution in [0.3, 0.4) is 0 Å². The average Bonchev–Trinajstić information content (AvgIpc) is 3.68. The monoisotopic (exact) mass is 551 g/mol. The van der Waals surface area contributed by atoms with Crippen molar-refractivity contribution in [3.05, 3.63) is 65.9 Å². The summed E-state index contributed by atoms with van der Waals surface area (Å²) < 4.78 is 40.5. The zero-order valence-corrected chi connectivity index (χ0v) is 21.9. The Kier molecular flexibility index (Phi) is 6.86. The molecule has 5 rings (SSSR count). The lowest BCUT2D eigenvalue weighted by Gasteiger charge is -2.17. The molecule has 2 aromatic carbocycles. The van der Waals surface area contributed by atoms with E-state index in [1.165, 1.54) is 12.1 Å². The van der Waals surface area contributed by atoms with Crippen LogP contribution >= 0.6 is 0 Å². The topological polar surface area (TPSA) is 127 Å². The highest BCUT2D eigenvalue weighted by atomic mass is 19.4. The van der Waals surface area contributed by atoms with Crippen LogP contribution in [-0.2, 0) is 23.4 Å². The maximum Gasteiger partial charge on any atom is 0.416 e. The lowest BCUT2D eigenvalue weighted by atomic mass is 9.95. The first-order valence-electron chi connectivity index (χ1n) is 12.8. The fourth-order valence-electron chi connectivity index (χ4n) is 4.68. The summed E-state index contributed by atoms with van der Waals surface area (Å²) in [5.41, 5.74) is 7.84. The van der Waals surface area contributed by atoms with Gasteiger partial charge in [0, 0.05) is 25.0 Å². The van der Waals surface area contributed by atoms with Crippen LogP contribution in [0.15, 0.2) is 54.6 Å². The highest BCUT2D eigenvalue weighted by Crippen LogP contribution is 2.49. The van der Waals surface area contributed by atoms with E-state index in [0.29, 0.717) is 47.6 Å². The molecule has 0 bridgehead atoms. The Morgan fingerprint density at radius 3 is 2.40 bits per heavy atom. The van der Waals surface area contributed by atoms with Crippen molar-refractivity contribution >= 4 is 40.2 Å². The van der Waals surface area contributed by atoms with Crippen LogP contribution in [0.1, 0.15) is 37.4 Å². The standard InChI is InChI=1S/C28H28F3N7O2/c1-3-13-33-25(39)27(11-12-27)21-15-20(22-23(32)37-38(2)24(22)36-21)16-7-9-18(10-8-16)34-26(40)35-19-6-4-5-17(14-19)28(29,30)31/h4-10,14-15H,3,11-13H2,1-2H3,(H2,32,37)(H,33,39)(H2,34,35,40). The normalized spacial score (nSPS) is 14.1. The van der Waals surface area contributed by atoms with Gasteiger partial charge in [0.25, 0.3) is 0 Å². The Balaban J connectivity index is 1.41. The molecule has 0 unspecified atom stereocenters. The number of pyridine rings is 1. The van der Waals surface area contributed by atoms with E-state index in [-0.39, 0.29) is 11.6 Å². The van der Waals surface area contributed by atoms with Crippen molar-refractivity contribution < 1.29 is 22.8 Å². The molecule has 0 saturated heterocycles. The molecule has 2 heterocycles. The van der Waals surface area contributed by atoms with Gasteiger partial charge in [0.2, 0.25) is 5.91 Å². The largest absolute Gasteiger partial charge is 0.416 e. The molecule has 0 atom stereocenters. The van der Waals surface area contributed by atoms with Gasteiger partial charge in [-0.2, -0.15) is 18.3 Å². The Bertz CT molecular complexity index is 1590. The van der Waals surface area contributed by atoms with Gasteiger partial charge >= 0.3 is 12.2 Å². The molecular formula is C28H28F3N7O2. The van der Waals surface area contributed by atoms with Gasteiger partial charge in [-0.25, -0.2) is 14.5 Å². The Hall–Kier alpha value is -4.61. The number of nitrogens with two attached hydrogens (primary N) is 1. The van der Waals surface area contributed by atoms with Crippen LogP contribution in [0, 0.1) is 0 Å². The number of benzene rings is 2. The van der Waals surface area contributed by atoms with Gasteiger partial charge in [-0.05, 0) is 66.8 Å². The van der Waals surface area contributed by atoms with Crippen molar-refractivity contribution in [2.24, 2.45) is 7.05 Å². The number of nitrogens with zero attached hydrogens (tertiary/aromatic N) is 3. The van der Waals surface area contributed by atoms with Crippen LogP contribution in [0.25, 0.3) is 22.2 Å². The molecular weight excluding hydrogens is 523 g/mol. The number of alkyl halides is 3. The smallest absolute Gasteiger partial charge is 0.382 e. The van der Waals surface area contributed by atoms with Crippen molar-refractivity contribution in [1.29, 1.82) is 0 Å². The molecule has 1 aliphatic carbocycles. The molecule has 9 nitrogen and oxygen atoms in total. The second-order valence-corrected chi connectivity index (χ2v) is 9.84. The average molecular weight is 552 g/mol. The number of nitrogen functional groups attached to an aromatic ring is 1. The number of fused-ring (bicyclic) bond motifs is 1. The molecule has 208 valence electrons. The van der Waals surface area contributed by atoms with Crippen molar-refractivity contribution in [3.8, 4) is 11.1 Å². The minimum atomic E-state index is -4.52. The zero-order valence-electron chi connectivity index (χ0n) is 21.9. The van der Waals surface area contributed by atoms with Crippen molar-refractivity contribution in [3.63, 3.8) is 0 Å². The quantitative estimate of drug-likeness (QED) is 0.243. The summed E-state index contributed by atoms with van der Waals surface area (Å²) in [6, 6.07) is 12.5. The first kappa shape index (κ1) is 27.0. The van der Waals surface area contributed by atoms with Crippen LogP contribution in [0.2, 0.25) is 0 Å². The molecule has 40 heavy (non-hydrogen) atoms. The summed E-state index contributed by atoms with van der Waals surface area (Å²) >= 11 is 0. The second kappa shape index (κ2) is 10.2. The first-order chi connectivity index (χ1) is 19.0. The third-order valence-corrected chi connectivity index (χ3v) is 6.93. The maximum absolute atomic E-state index is 13.0. The SMILES string of the molecule is CCCNC(=O)C1(c2cc(-c3ccc(NC(=O)Nc4cccc(C(F)(F)F)c4)cc3)c3c(N)nn(C)c3n2)CC1. The predicted molar refractivity (Wildman–Crippen MR) is 147 cm³/mol. The number of hydrogen-bond donors (Lipinski definition) is 4. The van der Waals surface area contributed by atoms with Gasteiger partial charge in [-0.15, -0.1) is 0 Å². The van der Waals surface area contributed by atoms with Gasteiger partial charge in [0.1, 0.15) is 0 Å². The van der Waals surface area contributed by atoms with E-state index in [4.69, 9.17) is 10.7 Å². The van der Waals surface area contributed by atoms with E-state index in [9.17, 15) is 22.8 Å². The lowest BCUT2D eigenvalue weighted by Crippen LogP contribution is -2.35. The molecule has 4 aromatic rings. The summed E-state index contributed by atoms with van der Waals surface area (Å²) in [5, 5.41) is 13.0. The van der Waals surface area contributed by atoms with E-state index >= 15 is 0 Å². The van der Waals surface area contributed by atoms with Gasteiger partial charge in [-0.3, -0.25) is 4.79 Å². The number of nitrogens with one attached hydrogen (secondary N) is 3. The number of aromatic nitrogens is 3. The number of carbonyl (C=O) groups excluding carboxylic acids is 2. The van der Waals surface area contributed by atoms with E-state index in [0.717, 1.165) is 29.7 Å². The summed E-state index contributed by atoms with van der Waals surface area (Å²) in [7, 11) is 1.74. The third kappa shape index (κ3) is 5.16. The van der Waals surface area contributed by atoms with Crippen LogP contribution in [0.4, 0.5) is 35.2 Å². The number of hydrogen-bond acceptors (Lipinski definition) is 5. The second-order valence-electron chi connectivity index (χ2n) is 9.84. The number of aryl methyl sites for hydroxylation is 1. The fraction of sp³-hybridized carbons (Fsp3) is 0.286. The number of urea groups is 1. The predicted octanol–water partition coefficient (Wildman–Crippen LogP) is 5.44. The molecule has 0 radical (unpaired) electrons. The van der Waals surface area contributed by atoms with Crippen molar-refractivity contribution in [1.82, 2.24) is 20.1 Å². The van der Waals surface area contributed by atoms with E-state index in [2.05, 4.69) is 21.0 Å². The van der Waals surface area contributed by atoms with Gasteiger partial charge < -0.3 is 21.7 Å². The number of carbonyl (C=O) groups is 2. The molecule has 1 fully saturated rings. The molecule has 12 heteroatoms. The summed E-state index contributed by atoms with van der Waals surface area (Å²) in [4.78, 5) is 30.2. The highest BCUT2D eigenvalue weighted by molar-refractivity contribution is 6.03. The van der Waals surface area contributed by atoms with E-state index < -0.39 is 23.2 Å². The summed E-state index contributed by atoms with van der Waals surface area (Å²) in [5.74, 6) is 0.253. The minimum Gasteiger partial charge on any atom is -0.382 e. The van der Waals surface area contributed by atoms with Crippen LogP contribution < -0.4 is 21.7 Å². The lowest BCUT2D eigenvalue weighted by molar-refractivity contribution is -0.137. The summed E-state index contributed by atoms with van der Waals surface area (Å²) in [6.45, 7) is 2.58. The fourth-order valence-corrected chi connectivity index (χ4v) is 4.68.